The van der Waals surface area contributed by atoms with Crippen LogP contribution in [0.15, 0.2) is 60.7 Å². The number of likely N-dealkylation sites (tertiary alicyclic amines) is 1. The van der Waals surface area contributed by atoms with Gasteiger partial charge in [0, 0.05) is 19.5 Å². The maximum absolute atomic E-state index is 11.5. The third-order valence-corrected chi connectivity index (χ3v) is 4.21. The topological polar surface area (TPSA) is 49.8 Å². The molecule has 1 saturated heterocycles. The van der Waals surface area contributed by atoms with Gasteiger partial charge in [-0.3, -0.25) is 9.69 Å². The lowest BCUT2D eigenvalue weighted by Crippen LogP contribution is -2.35. The van der Waals surface area contributed by atoms with Gasteiger partial charge in [-0.05, 0) is 11.1 Å². The molecule has 0 unspecified atom stereocenters. The van der Waals surface area contributed by atoms with E-state index in [2.05, 4.69) is 0 Å². The van der Waals surface area contributed by atoms with E-state index in [0.29, 0.717) is 26.1 Å². The Labute approximate surface area is 136 Å². The van der Waals surface area contributed by atoms with Crippen molar-refractivity contribution in [3.05, 3.63) is 71.8 Å². The maximum Gasteiger partial charge on any atom is 0.321 e. The molecule has 2 aromatic carbocycles. The lowest BCUT2D eigenvalue weighted by molar-refractivity contribution is -0.142. The Kier molecular flexibility index (Phi) is 5.05. The van der Waals surface area contributed by atoms with E-state index in [1.807, 2.05) is 65.6 Å². The van der Waals surface area contributed by atoms with Crippen LogP contribution in [0, 0.1) is 0 Å². The summed E-state index contributed by atoms with van der Waals surface area (Å²) in [7, 11) is 0. The molecular weight excluding hydrogens is 290 g/mol. The zero-order chi connectivity index (χ0) is 16.1. The quantitative estimate of drug-likeness (QED) is 0.891. The summed E-state index contributed by atoms with van der Waals surface area (Å²) in [6, 6.07) is 19.5. The van der Waals surface area contributed by atoms with Gasteiger partial charge < -0.3 is 9.84 Å². The maximum atomic E-state index is 11.5. The van der Waals surface area contributed by atoms with Crippen molar-refractivity contribution in [2.24, 2.45) is 0 Å². The standard InChI is InChI=1S/C19H21NO3/c21-19(22)18-11-17(23-14-16-9-5-2-6-10-16)13-20(18)12-15-7-3-1-4-8-15/h1-10,17-18H,11-14H2,(H,21,22)/t17-,18-/m0/s1. The molecule has 0 spiro atoms. The third kappa shape index (κ3) is 4.18. The number of hydrogen-bond acceptors (Lipinski definition) is 3. The van der Waals surface area contributed by atoms with E-state index in [4.69, 9.17) is 4.74 Å². The molecule has 0 aromatic heterocycles. The summed E-state index contributed by atoms with van der Waals surface area (Å²) in [6.45, 7) is 1.82. The Balaban J connectivity index is 1.60. The number of carbonyl (C=O) groups is 1. The van der Waals surface area contributed by atoms with Gasteiger partial charge in [0.2, 0.25) is 0 Å². The highest BCUT2D eigenvalue weighted by molar-refractivity contribution is 5.74. The molecule has 0 saturated carbocycles. The number of rotatable bonds is 6. The van der Waals surface area contributed by atoms with Crippen LogP contribution in [0.25, 0.3) is 0 Å². The van der Waals surface area contributed by atoms with Crippen molar-refractivity contribution >= 4 is 5.97 Å². The van der Waals surface area contributed by atoms with Gasteiger partial charge in [-0.15, -0.1) is 0 Å². The molecule has 2 atom stereocenters. The first kappa shape index (κ1) is 15.7. The second-order valence-corrected chi connectivity index (χ2v) is 5.92. The van der Waals surface area contributed by atoms with Crippen molar-refractivity contribution in [2.75, 3.05) is 6.54 Å². The Morgan fingerprint density at radius 2 is 1.65 bits per heavy atom. The highest BCUT2D eigenvalue weighted by Crippen LogP contribution is 2.23. The van der Waals surface area contributed by atoms with Crippen LogP contribution in [0.5, 0.6) is 0 Å². The number of ether oxygens (including phenoxy) is 1. The number of benzene rings is 2. The van der Waals surface area contributed by atoms with E-state index in [1.165, 1.54) is 0 Å². The van der Waals surface area contributed by atoms with Crippen molar-refractivity contribution in [1.82, 2.24) is 4.90 Å². The summed E-state index contributed by atoms with van der Waals surface area (Å²) in [4.78, 5) is 13.5. The fraction of sp³-hybridized carbons (Fsp3) is 0.316. The van der Waals surface area contributed by atoms with Gasteiger partial charge in [0.25, 0.3) is 0 Å². The van der Waals surface area contributed by atoms with Gasteiger partial charge in [0.15, 0.2) is 0 Å². The molecule has 0 bridgehead atoms. The molecule has 1 fully saturated rings. The molecule has 1 aliphatic rings. The predicted octanol–water partition coefficient (Wildman–Crippen LogP) is 2.93. The van der Waals surface area contributed by atoms with Crippen LogP contribution in [-0.2, 0) is 22.7 Å². The van der Waals surface area contributed by atoms with Crippen LogP contribution in [0.3, 0.4) is 0 Å². The molecule has 0 amide bonds. The van der Waals surface area contributed by atoms with Crippen molar-refractivity contribution in [3.8, 4) is 0 Å². The van der Waals surface area contributed by atoms with Crippen LogP contribution in [0.1, 0.15) is 17.5 Å². The molecule has 1 aliphatic heterocycles. The van der Waals surface area contributed by atoms with Gasteiger partial charge in [0.1, 0.15) is 6.04 Å². The van der Waals surface area contributed by atoms with Crippen molar-refractivity contribution in [2.45, 2.75) is 31.7 Å². The lowest BCUT2D eigenvalue weighted by atomic mass is 10.1. The third-order valence-electron chi connectivity index (χ3n) is 4.21. The molecule has 1 N–H and O–H groups in total. The highest BCUT2D eigenvalue weighted by atomic mass is 16.5. The summed E-state index contributed by atoms with van der Waals surface area (Å²) in [5.74, 6) is -0.772. The van der Waals surface area contributed by atoms with Crippen LogP contribution >= 0.6 is 0 Å². The highest BCUT2D eigenvalue weighted by Gasteiger charge is 2.37. The Morgan fingerprint density at radius 1 is 1.04 bits per heavy atom. The minimum absolute atomic E-state index is 0.0416. The first-order chi connectivity index (χ1) is 11.2. The lowest BCUT2D eigenvalue weighted by Gasteiger charge is -2.20. The largest absolute Gasteiger partial charge is 0.480 e. The zero-order valence-corrected chi connectivity index (χ0v) is 13.0. The molecule has 2 aromatic rings. The summed E-state index contributed by atoms with van der Waals surface area (Å²) in [5.41, 5.74) is 2.24. The van der Waals surface area contributed by atoms with Gasteiger partial charge in [-0.2, -0.15) is 0 Å². The number of carboxylic acid groups (broad SMARTS) is 1. The number of nitrogens with zero attached hydrogens (tertiary/aromatic N) is 1. The van der Waals surface area contributed by atoms with Gasteiger partial charge in [0.05, 0.1) is 12.7 Å². The minimum atomic E-state index is -0.772. The number of aliphatic carboxylic acids is 1. The Morgan fingerprint density at radius 3 is 2.26 bits per heavy atom. The van der Waals surface area contributed by atoms with Crippen LogP contribution in [0.4, 0.5) is 0 Å². The molecule has 4 nitrogen and oxygen atoms in total. The summed E-state index contributed by atoms with van der Waals surface area (Å²) in [5, 5.41) is 9.47. The molecule has 0 radical (unpaired) electrons. The van der Waals surface area contributed by atoms with Gasteiger partial charge >= 0.3 is 5.97 Å². The second-order valence-electron chi connectivity index (χ2n) is 5.92. The van der Waals surface area contributed by atoms with E-state index < -0.39 is 12.0 Å². The molecule has 0 aliphatic carbocycles. The summed E-state index contributed by atoms with van der Waals surface area (Å²) >= 11 is 0. The van der Waals surface area contributed by atoms with E-state index in [9.17, 15) is 9.90 Å². The van der Waals surface area contributed by atoms with E-state index >= 15 is 0 Å². The normalized spacial score (nSPS) is 21.4. The molecule has 120 valence electrons. The number of hydrogen-bond donors (Lipinski definition) is 1. The van der Waals surface area contributed by atoms with Gasteiger partial charge in [-0.25, -0.2) is 0 Å². The average Bonchev–Trinajstić information content (AvgIpc) is 2.98. The molecule has 23 heavy (non-hydrogen) atoms. The Hall–Kier alpha value is -2.17. The van der Waals surface area contributed by atoms with Crippen molar-refractivity contribution < 1.29 is 14.6 Å². The van der Waals surface area contributed by atoms with Crippen LogP contribution in [-0.4, -0.2) is 34.7 Å². The van der Waals surface area contributed by atoms with Crippen molar-refractivity contribution in [3.63, 3.8) is 0 Å². The fourth-order valence-corrected chi connectivity index (χ4v) is 3.02. The van der Waals surface area contributed by atoms with E-state index in [0.717, 1.165) is 11.1 Å². The predicted molar refractivity (Wildman–Crippen MR) is 87.9 cm³/mol. The minimum Gasteiger partial charge on any atom is -0.480 e. The molecule has 4 heteroatoms. The molecule has 1 heterocycles. The zero-order valence-electron chi connectivity index (χ0n) is 13.0. The molecular formula is C19H21NO3. The summed E-state index contributed by atoms with van der Waals surface area (Å²) < 4.78 is 5.93. The molecule has 3 rings (SSSR count). The van der Waals surface area contributed by atoms with E-state index in [-0.39, 0.29) is 6.10 Å². The SMILES string of the molecule is O=C(O)[C@@H]1C[C@H](OCc2ccccc2)CN1Cc1ccccc1. The second kappa shape index (κ2) is 7.40. The summed E-state index contributed by atoms with van der Waals surface area (Å²) in [6.07, 6.45) is 0.495. The smallest absolute Gasteiger partial charge is 0.321 e. The van der Waals surface area contributed by atoms with Gasteiger partial charge in [-0.1, -0.05) is 60.7 Å². The Bertz CT molecular complexity index is 630. The monoisotopic (exact) mass is 311 g/mol. The first-order valence-electron chi connectivity index (χ1n) is 7.88. The average molecular weight is 311 g/mol. The van der Waals surface area contributed by atoms with Crippen LogP contribution < -0.4 is 0 Å². The van der Waals surface area contributed by atoms with E-state index in [1.54, 1.807) is 0 Å². The van der Waals surface area contributed by atoms with Crippen molar-refractivity contribution in [1.29, 1.82) is 0 Å². The fourth-order valence-electron chi connectivity index (χ4n) is 3.02. The first-order valence-corrected chi connectivity index (χ1v) is 7.88. The number of carboxylic acids is 1. The van der Waals surface area contributed by atoms with Crippen LogP contribution in [0.2, 0.25) is 0 Å².